The molecule has 16 heavy (non-hydrogen) atoms. The van der Waals surface area contributed by atoms with Crippen LogP contribution in [0.25, 0.3) is 11.1 Å². The molecule has 2 heteroatoms. The van der Waals surface area contributed by atoms with E-state index in [2.05, 4.69) is 15.9 Å². The molecular formula is C14H12BrF. The third kappa shape index (κ3) is 2.50. The fraction of sp³-hybridized carbons (Fsp3) is 0.143. The van der Waals surface area contributed by atoms with Crippen molar-refractivity contribution in [1.82, 2.24) is 0 Å². The van der Waals surface area contributed by atoms with Crippen LogP contribution in [0, 0.1) is 5.82 Å². The van der Waals surface area contributed by atoms with Gasteiger partial charge in [-0.25, -0.2) is 4.39 Å². The van der Waals surface area contributed by atoms with E-state index in [1.807, 2.05) is 42.5 Å². The first-order valence-electron chi connectivity index (χ1n) is 5.21. The van der Waals surface area contributed by atoms with Crippen molar-refractivity contribution in [1.29, 1.82) is 0 Å². The molecule has 0 amide bonds. The van der Waals surface area contributed by atoms with E-state index in [1.54, 1.807) is 6.07 Å². The lowest BCUT2D eigenvalue weighted by molar-refractivity contribution is 0.613. The molecule has 0 fully saturated rings. The lowest BCUT2D eigenvalue weighted by Gasteiger charge is -2.05. The number of rotatable bonds is 3. The molecule has 0 aromatic heterocycles. The summed E-state index contributed by atoms with van der Waals surface area (Å²) < 4.78 is 13.7. The summed E-state index contributed by atoms with van der Waals surface area (Å²) in [6.07, 6.45) is 0.723. The van der Waals surface area contributed by atoms with Crippen molar-refractivity contribution in [2.75, 3.05) is 5.33 Å². The Morgan fingerprint density at radius 1 is 0.938 bits per heavy atom. The van der Waals surface area contributed by atoms with Crippen molar-refractivity contribution in [2.45, 2.75) is 6.42 Å². The van der Waals surface area contributed by atoms with Gasteiger partial charge in [0.2, 0.25) is 0 Å². The van der Waals surface area contributed by atoms with Crippen molar-refractivity contribution in [3.05, 3.63) is 59.9 Å². The van der Waals surface area contributed by atoms with E-state index < -0.39 is 0 Å². The van der Waals surface area contributed by atoms with Crippen LogP contribution < -0.4 is 0 Å². The van der Waals surface area contributed by atoms with Crippen LogP contribution in [0.4, 0.5) is 4.39 Å². The standard InChI is InChI=1S/C14H12BrF/c15-9-8-12-6-7-13(10-14(12)16)11-4-2-1-3-5-11/h1-7,10H,8-9H2. The second-order valence-corrected chi connectivity index (χ2v) is 4.40. The molecule has 0 aliphatic carbocycles. The Morgan fingerprint density at radius 3 is 2.31 bits per heavy atom. The predicted molar refractivity (Wildman–Crippen MR) is 69.3 cm³/mol. The van der Waals surface area contributed by atoms with Crippen LogP contribution >= 0.6 is 15.9 Å². The summed E-state index contributed by atoms with van der Waals surface area (Å²) >= 11 is 3.32. The van der Waals surface area contributed by atoms with Crippen LogP contribution in [-0.2, 0) is 6.42 Å². The van der Waals surface area contributed by atoms with E-state index in [9.17, 15) is 4.39 Å². The van der Waals surface area contributed by atoms with Gasteiger partial charge in [0.1, 0.15) is 5.82 Å². The number of halogens is 2. The molecule has 0 nitrogen and oxygen atoms in total. The molecule has 0 spiro atoms. The molecule has 0 aliphatic heterocycles. The van der Waals surface area contributed by atoms with Crippen molar-refractivity contribution in [2.24, 2.45) is 0 Å². The SMILES string of the molecule is Fc1cc(-c2ccccc2)ccc1CCBr. The van der Waals surface area contributed by atoms with Gasteiger partial charge < -0.3 is 0 Å². The topological polar surface area (TPSA) is 0 Å². The average Bonchev–Trinajstić information content (AvgIpc) is 2.33. The first kappa shape index (κ1) is 11.3. The van der Waals surface area contributed by atoms with E-state index in [0.717, 1.165) is 28.4 Å². The predicted octanol–water partition coefficient (Wildman–Crippen LogP) is 4.43. The van der Waals surface area contributed by atoms with E-state index in [1.165, 1.54) is 0 Å². The van der Waals surface area contributed by atoms with E-state index in [0.29, 0.717) is 0 Å². The normalized spacial score (nSPS) is 10.4. The van der Waals surface area contributed by atoms with E-state index in [-0.39, 0.29) is 5.82 Å². The number of alkyl halides is 1. The lowest BCUT2D eigenvalue weighted by atomic mass is 10.0. The number of aryl methyl sites for hydroxylation is 1. The maximum Gasteiger partial charge on any atom is 0.127 e. The molecule has 2 aromatic carbocycles. The highest BCUT2D eigenvalue weighted by Gasteiger charge is 2.04. The molecule has 2 aromatic rings. The molecule has 0 saturated heterocycles. The molecule has 2 rings (SSSR count). The van der Waals surface area contributed by atoms with Crippen LogP contribution in [0.5, 0.6) is 0 Å². The maximum absolute atomic E-state index is 13.7. The molecule has 0 N–H and O–H groups in total. The van der Waals surface area contributed by atoms with Gasteiger partial charge in [0.15, 0.2) is 0 Å². The van der Waals surface area contributed by atoms with Gasteiger partial charge in [0.25, 0.3) is 0 Å². The molecule has 0 heterocycles. The quantitative estimate of drug-likeness (QED) is 0.729. The third-order valence-corrected chi connectivity index (χ3v) is 2.92. The first-order valence-corrected chi connectivity index (χ1v) is 6.33. The Balaban J connectivity index is 2.35. The molecule has 0 atom stereocenters. The minimum atomic E-state index is -0.124. The van der Waals surface area contributed by atoms with Gasteiger partial charge in [-0.05, 0) is 29.2 Å². The molecule has 0 unspecified atom stereocenters. The van der Waals surface area contributed by atoms with Crippen LogP contribution in [0.2, 0.25) is 0 Å². The summed E-state index contributed by atoms with van der Waals surface area (Å²) in [4.78, 5) is 0. The Hall–Kier alpha value is -1.15. The third-order valence-electron chi connectivity index (χ3n) is 2.52. The van der Waals surface area contributed by atoms with E-state index in [4.69, 9.17) is 0 Å². The van der Waals surface area contributed by atoms with Crippen LogP contribution in [0.1, 0.15) is 5.56 Å². The van der Waals surface area contributed by atoms with Gasteiger partial charge in [-0.15, -0.1) is 0 Å². The second kappa shape index (κ2) is 5.26. The minimum absolute atomic E-state index is 0.124. The Morgan fingerprint density at radius 2 is 1.69 bits per heavy atom. The molecular weight excluding hydrogens is 267 g/mol. The zero-order valence-electron chi connectivity index (χ0n) is 8.79. The zero-order valence-corrected chi connectivity index (χ0v) is 10.4. The fourth-order valence-electron chi connectivity index (χ4n) is 1.66. The Bertz CT molecular complexity index is 465. The Kier molecular flexibility index (Phi) is 3.73. The smallest absolute Gasteiger partial charge is 0.127 e. The van der Waals surface area contributed by atoms with Gasteiger partial charge in [0.05, 0.1) is 0 Å². The summed E-state index contributed by atoms with van der Waals surface area (Å²) in [5, 5.41) is 0.786. The second-order valence-electron chi connectivity index (χ2n) is 3.61. The molecule has 0 radical (unpaired) electrons. The largest absolute Gasteiger partial charge is 0.207 e. The van der Waals surface area contributed by atoms with Crippen LogP contribution in [-0.4, -0.2) is 5.33 Å². The van der Waals surface area contributed by atoms with Gasteiger partial charge in [-0.1, -0.05) is 58.4 Å². The summed E-state index contributed by atoms with van der Waals surface area (Å²) in [6.45, 7) is 0. The summed E-state index contributed by atoms with van der Waals surface area (Å²) in [6, 6.07) is 15.3. The van der Waals surface area contributed by atoms with Crippen LogP contribution in [0.3, 0.4) is 0 Å². The molecule has 82 valence electrons. The van der Waals surface area contributed by atoms with Crippen molar-refractivity contribution < 1.29 is 4.39 Å². The minimum Gasteiger partial charge on any atom is -0.207 e. The maximum atomic E-state index is 13.7. The van der Waals surface area contributed by atoms with Crippen LogP contribution in [0.15, 0.2) is 48.5 Å². The molecule has 0 aliphatic rings. The summed E-state index contributed by atoms with van der Waals surface area (Å²) in [5.74, 6) is -0.124. The number of hydrogen-bond acceptors (Lipinski definition) is 0. The highest BCUT2D eigenvalue weighted by molar-refractivity contribution is 9.09. The number of benzene rings is 2. The van der Waals surface area contributed by atoms with Crippen molar-refractivity contribution >= 4 is 15.9 Å². The van der Waals surface area contributed by atoms with Gasteiger partial charge in [-0.3, -0.25) is 0 Å². The van der Waals surface area contributed by atoms with Gasteiger partial charge in [-0.2, -0.15) is 0 Å². The lowest BCUT2D eigenvalue weighted by Crippen LogP contribution is -1.92. The molecule has 0 saturated carbocycles. The van der Waals surface area contributed by atoms with Crippen molar-refractivity contribution in [3.63, 3.8) is 0 Å². The van der Waals surface area contributed by atoms with Gasteiger partial charge in [0, 0.05) is 5.33 Å². The highest BCUT2D eigenvalue weighted by atomic mass is 79.9. The summed E-state index contributed by atoms with van der Waals surface area (Å²) in [5.41, 5.74) is 2.74. The Labute approximate surface area is 103 Å². The number of hydrogen-bond donors (Lipinski definition) is 0. The van der Waals surface area contributed by atoms with Gasteiger partial charge >= 0.3 is 0 Å². The highest BCUT2D eigenvalue weighted by Crippen LogP contribution is 2.22. The fourth-order valence-corrected chi connectivity index (χ4v) is 2.09. The molecule has 0 bridgehead atoms. The van der Waals surface area contributed by atoms with Crippen molar-refractivity contribution in [3.8, 4) is 11.1 Å². The first-order chi connectivity index (χ1) is 7.81. The summed E-state index contributed by atoms with van der Waals surface area (Å²) in [7, 11) is 0. The average molecular weight is 279 g/mol. The monoisotopic (exact) mass is 278 g/mol. The zero-order chi connectivity index (χ0) is 11.4. The van der Waals surface area contributed by atoms with E-state index >= 15 is 0 Å².